The predicted molar refractivity (Wildman–Crippen MR) is 103 cm³/mol. The Hall–Kier alpha value is -4.00. The number of rotatable bonds is 5. The van der Waals surface area contributed by atoms with E-state index in [-0.39, 0.29) is 18.6 Å². The van der Waals surface area contributed by atoms with Crippen molar-refractivity contribution in [2.24, 2.45) is 0 Å². The number of nitrogens with one attached hydrogen (secondary N) is 2. The van der Waals surface area contributed by atoms with Crippen molar-refractivity contribution in [3.63, 3.8) is 0 Å². The SMILES string of the molecule is O=C(/C=C/c1ccco1)Nc1ccccc1C(=O)Nc1ccc2c(c1)OCO2. The van der Waals surface area contributed by atoms with E-state index in [9.17, 15) is 9.59 Å². The van der Waals surface area contributed by atoms with Gasteiger partial charge in [-0.05, 0) is 42.5 Å². The van der Waals surface area contributed by atoms with Gasteiger partial charge in [0.25, 0.3) is 5.91 Å². The van der Waals surface area contributed by atoms with Crippen molar-refractivity contribution in [1.29, 1.82) is 0 Å². The molecule has 0 radical (unpaired) electrons. The van der Waals surface area contributed by atoms with Gasteiger partial charge in [0.2, 0.25) is 12.7 Å². The first-order chi connectivity index (χ1) is 13.7. The lowest BCUT2D eigenvalue weighted by Crippen LogP contribution is -2.17. The second-order valence-electron chi connectivity index (χ2n) is 5.91. The summed E-state index contributed by atoms with van der Waals surface area (Å²) in [6, 6.07) is 15.4. The fourth-order valence-electron chi connectivity index (χ4n) is 2.68. The fraction of sp³-hybridized carbons (Fsp3) is 0.0476. The quantitative estimate of drug-likeness (QED) is 0.659. The maximum absolute atomic E-state index is 12.7. The van der Waals surface area contributed by atoms with E-state index in [1.165, 1.54) is 12.3 Å². The van der Waals surface area contributed by atoms with Crippen LogP contribution in [0.15, 0.2) is 71.4 Å². The second-order valence-corrected chi connectivity index (χ2v) is 5.91. The van der Waals surface area contributed by atoms with Crippen LogP contribution in [0.5, 0.6) is 11.5 Å². The molecule has 2 amide bonds. The summed E-state index contributed by atoms with van der Waals surface area (Å²) in [6.07, 6.45) is 4.41. The minimum atomic E-state index is -0.375. The number of hydrogen-bond acceptors (Lipinski definition) is 5. The number of furan rings is 1. The zero-order valence-electron chi connectivity index (χ0n) is 14.7. The standard InChI is InChI=1S/C21H16N2O5/c24-20(10-8-15-4-3-11-26-15)23-17-6-2-1-5-16(17)21(25)22-14-7-9-18-19(12-14)28-13-27-18/h1-12H,13H2,(H,22,25)(H,23,24)/b10-8+. The minimum absolute atomic E-state index is 0.160. The Morgan fingerprint density at radius 2 is 1.79 bits per heavy atom. The van der Waals surface area contributed by atoms with E-state index in [1.807, 2.05) is 0 Å². The van der Waals surface area contributed by atoms with Crippen molar-refractivity contribution in [3.8, 4) is 11.5 Å². The van der Waals surface area contributed by atoms with Gasteiger partial charge in [-0.15, -0.1) is 0 Å². The van der Waals surface area contributed by atoms with Crippen LogP contribution in [0, 0.1) is 0 Å². The van der Waals surface area contributed by atoms with Crippen molar-refractivity contribution in [1.82, 2.24) is 0 Å². The zero-order chi connectivity index (χ0) is 19.3. The van der Waals surface area contributed by atoms with Gasteiger partial charge in [-0.3, -0.25) is 9.59 Å². The molecule has 0 fully saturated rings. The first-order valence-electron chi connectivity index (χ1n) is 8.52. The summed E-state index contributed by atoms with van der Waals surface area (Å²) in [4.78, 5) is 24.9. The maximum Gasteiger partial charge on any atom is 0.257 e. The first kappa shape index (κ1) is 17.4. The van der Waals surface area contributed by atoms with Gasteiger partial charge in [0.15, 0.2) is 11.5 Å². The van der Waals surface area contributed by atoms with Crippen molar-refractivity contribution >= 4 is 29.3 Å². The Bertz CT molecular complexity index is 1040. The van der Waals surface area contributed by atoms with Crippen molar-refractivity contribution in [2.75, 3.05) is 17.4 Å². The Balaban J connectivity index is 1.47. The first-order valence-corrected chi connectivity index (χ1v) is 8.52. The lowest BCUT2D eigenvalue weighted by Gasteiger charge is -2.11. The number of hydrogen-bond donors (Lipinski definition) is 2. The number of benzene rings is 2. The Morgan fingerprint density at radius 1 is 0.929 bits per heavy atom. The molecule has 0 atom stereocenters. The van der Waals surface area contributed by atoms with Crippen LogP contribution < -0.4 is 20.1 Å². The van der Waals surface area contributed by atoms with E-state index in [1.54, 1.807) is 60.7 Å². The third-order valence-electron chi connectivity index (χ3n) is 4.00. The molecule has 28 heavy (non-hydrogen) atoms. The largest absolute Gasteiger partial charge is 0.465 e. The van der Waals surface area contributed by atoms with Gasteiger partial charge in [0.05, 0.1) is 17.5 Å². The summed E-state index contributed by atoms with van der Waals surface area (Å²) in [7, 11) is 0. The molecule has 7 heteroatoms. The molecule has 2 aromatic carbocycles. The van der Waals surface area contributed by atoms with Crippen LogP contribution in [0.1, 0.15) is 16.1 Å². The monoisotopic (exact) mass is 376 g/mol. The zero-order valence-corrected chi connectivity index (χ0v) is 14.7. The summed E-state index contributed by atoms with van der Waals surface area (Å²) in [5, 5.41) is 5.51. The minimum Gasteiger partial charge on any atom is -0.465 e. The number of ether oxygens (including phenoxy) is 2. The summed E-state index contributed by atoms with van der Waals surface area (Å²) in [6.45, 7) is 0.160. The summed E-state index contributed by atoms with van der Waals surface area (Å²) in [5.74, 6) is 1.03. The highest BCUT2D eigenvalue weighted by Crippen LogP contribution is 2.34. The average molecular weight is 376 g/mol. The molecular weight excluding hydrogens is 360 g/mol. The number of amides is 2. The molecule has 0 spiro atoms. The van der Waals surface area contributed by atoms with E-state index in [0.29, 0.717) is 34.2 Å². The van der Waals surface area contributed by atoms with Gasteiger partial charge in [0, 0.05) is 17.8 Å². The number of anilines is 2. The molecule has 4 rings (SSSR count). The Labute approximate surface area is 160 Å². The third kappa shape index (κ3) is 3.88. The van der Waals surface area contributed by atoms with Gasteiger partial charge in [0.1, 0.15) is 5.76 Å². The normalized spacial score (nSPS) is 12.1. The molecule has 0 saturated carbocycles. The molecule has 0 aliphatic carbocycles. The molecular formula is C21H16N2O5. The highest BCUT2D eigenvalue weighted by atomic mass is 16.7. The summed E-state index contributed by atoms with van der Waals surface area (Å²) in [5.41, 5.74) is 1.29. The van der Waals surface area contributed by atoms with E-state index in [2.05, 4.69) is 10.6 Å². The Kier molecular flexibility index (Phi) is 4.79. The van der Waals surface area contributed by atoms with Gasteiger partial charge in [-0.2, -0.15) is 0 Å². The van der Waals surface area contributed by atoms with Gasteiger partial charge >= 0.3 is 0 Å². The fourth-order valence-corrected chi connectivity index (χ4v) is 2.68. The molecule has 1 aliphatic rings. The second kappa shape index (κ2) is 7.71. The molecule has 7 nitrogen and oxygen atoms in total. The third-order valence-corrected chi connectivity index (χ3v) is 4.00. The van der Waals surface area contributed by atoms with Crippen LogP contribution in [-0.4, -0.2) is 18.6 Å². The number of carbonyl (C=O) groups excluding carboxylic acids is 2. The van der Waals surface area contributed by atoms with E-state index < -0.39 is 0 Å². The maximum atomic E-state index is 12.7. The van der Waals surface area contributed by atoms with Crippen LogP contribution in [0.4, 0.5) is 11.4 Å². The molecule has 1 aromatic heterocycles. The number of fused-ring (bicyclic) bond motifs is 1. The van der Waals surface area contributed by atoms with Crippen LogP contribution >= 0.6 is 0 Å². The van der Waals surface area contributed by atoms with Crippen molar-refractivity contribution in [2.45, 2.75) is 0 Å². The summed E-state index contributed by atoms with van der Waals surface area (Å²) < 4.78 is 15.7. The number of carbonyl (C=O) groups is 2. The molecule has 0 saturated heterocycles. The van der Waals surface area contributed by atoms with E-state index in [0.717, 1.165) is 0 Å². The van der Waals surface area contributed by atoms with Crippen molar-refractivity contribution < 1.29 is 23.5 Å². The van der Waals surface area contributed by atoms with Gasteiger partial charge < -0.3 is 24.5 Å². The molecule has 0 unspecified atom stereocenters. The molecule has 2 N–H and O–H groups in total. The lowest BCUT2D eigenvalue weighted by molar-refractivity contribution is -0.111. The van der Waals surface area contributed by atoms with E-state index in [4.69, 9.17) is 13.9 Å². The molecule has 140 valence electrons. The van der Waals surface area contributed by atoms with Crippen LogP contribution in [0.2, 0.25) is 0 Å². The number of para-hydroxylation sites is 1. The molecule has 2 heterocycles. The highest BCUT2D eigenvalue weighted by molar-refractivity contribution is 6.11. The smallest absolute Gasteiger partial charge is 0.257 e. The van der Waals surface area contributed by atoms with Gasteiger partial charge in [-0.25, -0.2) is 0 Å². The van der Waals surface area contributed by atoms with Crippen LogP contribution in [0.3, 0.4) is 0 Å². The van der Waals surface area contributed by atoms with Crippen molar-refractivity contribution in [3.05, 3.63) is 78.3 Å². The summed E-state index contributed by atoms with van der Waals surface area (Å²) >= 11 is 0. The van der Waals surface area contributed by atoms with Gasteiger partial charge in [-0.1, -0.05) is 12.1 Å². The van der Waals surface area contributed by atoms with E-state index >= 15 is 0 Å². The highest BCUT2D eigenvalue weighted by Gasteiger charge is 2.16. The molecule has 0 bridgehead atoms. The Morgan fingerprint density at radius 3 is 2.64 bits per heavy atom. The topological polar surface area (TPSA) is 89.8 Å². The van der Waals surface area contributed by atoms with Crippen LogP contribution in [-0.2, 0) is 4.79 Å². The molecule has 1 aliphatic heterocycles. The predicted octanol–water partition coefficient (Wildman–Crippen LogP) is 3.91. The average Bonchev–Trinajstić information content (AvgIpc) is 3.38. The lowest BCUT2D eigenvalue weighted by atomic mass is 10.1. The van der Waals surface area contributed by atoms with Crippen LogP contribution in [0.25, 0.3) is 6.08 Å². The molecule has 3 aromatic rings.